The predicted octanol–water partition coefficient (Wildman–Crippen LogP) is 1.56. The van der Waals surface area contributed by atoms with Crippen molar-refractivity contribution in [3.05, 3.63) is 23.8 Å². The van der Waals surface area contributed by atoms with E-state index in [0.29, 0.717) is 25.2 Å². The summed E-state index contributed by atoms with van der Waals surface area (Å²) < 4.78 is 5.28. The number of phenolic OH excluding ortho intramolecular Hbond substituents is 1. The maximum absolute atomic E-state index is 9.52. The van der Waals surface area contributed by atoms with Crippen molar-refractivity contribution in [2.24, 2.45) is 5.73 Å². The molecule has 0 aliphatic rings. The zero-order valence-electron chi connectivity index (χ0n) is 9.52. The van der Waals surface area contributed by atoms with Crippen LogP contribution < -0.4 is 10.5 Å². The molecule has 0 saturated carbocycles. The fourth-order valence-electron chi connectivity index (χ4n) is 1.51. The van der Waals surface area contributed by atoms with Gasteiger partial charge in [0.25, 0.3) is 0 Å². The van der Waals surface area contributed by atoms with Gasteiger partial charge in [0, 0.05) is 12.6 Å². The Balaban J connectivity index is 2.76. The molecular formula is C12H19NO3. The fraction of sp³-hybridized carbons (Fsp3) is 0.500. The van der Waals surface area contributed by atoms with Crippen molar-refractivity contribution in [2.75, 3.05) is 13.2 Å². The van der Waals surface area contributed by atoms with Crippen molar-refractivity contribution in [3.8, 4) is 11.5 Å². The van der Waals surface area contributed by atoms with Gasteiger partial charge in [-0.1, -0.05) is 6.07 Å². The second-order valence-electron chi connectivity index (χ2n) is 3.63. The molecule has 0 spiro atoms. The van der Waals surface area contributed by atoms with Gasteiger partial charge in [-0.15, -0.1) is 0 Å². The highest BCUT2D eigenvalue weighted by Gasteiger charge is 2.09. The summed E-state index contributed by atoms with van der Waals surface area (Å²) in [6, 6.07) is 4.98. The predicted molar refractivity (Wildman–Crippen MR) is 62.5 cm³/mol. The number of ether oxygens (including phenoxy) is 1. The zero-order valence-corrected chi connectivity index (χ0v) is 9.52. The highest BCUT2D eigenvalue weighted by atomic mass is 16.5. The molecule has 4 nitrogen and oxygen atoms in total. The Hall–Kier alpha value is -1.26. The lowest BCUT2D eigenvalue weighted by Crippen LogP contribution is -2.11. The van der Waals surface area contributed by atoms with Crippen molar-refractivity contribution >= 4 is 0 Å². The van der Waals surface area contributed by atoms with E-state index < -0.39 is 0 Å². The van der Waals surface area contributed by atoms with Crippen LogP contribution in [0.1, 0.15) is 31.4 Å². The average molecular weight is 225 g/mol. The van der Waals surface area contributed by atoms with Crippen molar-refractivity contribution in [1.82, 2.24) is 0 Å². The van der Waals surface area contributed by atoms with Gasteiger partial charge in [0.1, 0.15) is 0 Å². The Morgan fingerprint density at radius 3 is 2.81 bits per heavy atom. The molecule has 1 aromatic carbocycles. The molecule has 1 rings (SSSR count). The van der Waals surface area contributed by atoms with E-state index in [1.807, 2.05) is 6.92 Å². The van der Waals surface area contributed by atoms with Gasteiger partial charge in [0.05, 0.1) is 6.61 Å². The molecule has 1 atom stereocenters. The SMILES string of the molecule is CCOc1cc([C@@H](N)CCCO)ccc1O. The zero-order chi connectivity index (χ0) is 12.0. The molecule has 0 unspecified atom stereocenters. The van der Waals surface area contributed by atoms with Gasteiger partial charge >= 0.3 is 0 Å². The second-order valence-corrected chi connectivity index (χ2v) is 3.63. The molecule has 0 radical (unpaired) electrons. The number of aromatic hydroxyl groups is 1. The summed E-state index contributed by atoms with van der Waals surface area (Å²) in [6.45, 7) is 2.50. The minimum absolute atomic E-state index is 0.125. The number of aliphatic hydroxyl groups is 1. The first kappa shape index (κ1) is 12.8. The van der Waals surface area contributed by atoms with Crippen LogP contribution in [0.5, 0.6) is 11.5 Å². The molecule has 4 heteroatoms. The van der Waals surface area contributed by atoms with E-state index in [1.165, 1.54) is 0 Å². The molecule has 90 valence electrons. The van der Waals surface area contributed by atoms with Crippen LogP contribution in [0.3, 0.4) is 0 Å². The Bertz CT molecular complexity index is 328. The third kappa shape index (κ3) is 3.40. The number of nitrogens with two attached hydrogens (primary N) is 1. The first-order chi connectivity index (χ1) is 7.69. The number of aliphatic hydroxyl groups excluding tert-OH is 1. The Kier molecular flexibility index (Phi) is 5.08. The molecule has 0 heterocycles. The van der Waals surface area contributed by atoms with Crippen LogP contribution in [0, 0.1) is 0 Å². The summed E-state index contributed by atoms with van der Waals surface area (Å²) in [5.41, 5.74) is 6.86. The van der Waals surface area contributed by atoms with E-state index in [2.05, 4.69) is 0 Å². The van der Waals surface area contributed by atoms with E-state index in [0.717, 1.165) is 5.56 Å². The minimum atomic E-state index is -0.132. The lowest BCUT2D eigenvalue weighted by Gasteiger charge is -2.13. The van der Waals surface area contributed by atoms with Crippen molar-refractivity contribution in [1.29, 1.82) is 0 Å². The fourth-order valence-corrected chi connectivity index (χ4v) is 1.51. The van der Waals surface area contributed by atoms with Crippen molar-refractivity contribution in [2.45, 2.75) is 25.8 Å². The van der Waals surface area contributed by atoms with Crippen LogP contribution in [0.15, 0.2) is 18.2 Å². The summed E-state index contributed by atoms with van der Waals surface area (Å²) in [5, 5.41) is 18.2. The number of rotatable bonds is 6. The molecule has 0 aromatic heterocycles. The number of phenols is 1. The third-order valence-electron chi connectivity index (χ3n) is 2.39. The summed E-state index contributed by atoms with van der Waals surface area (Å²) in [6.07, 6.45) is 1.39. The van der Waals surface area contributed by atoms with Crippen LogP contribution >= 0.6 is 0 Å². The number of hydrogen-bond acceptors (Lipinski definition) is 4. The van der Waals surface area contributed by atoms with Gasteiger partial charge in [0.15, 0.2) is 11.5 Å². The molecule has 4 N–H and O–H groups in total. The highest BCUT2D eigenvalue weighted by Crippen LogP contribution is 2.29. The maximum Gasteiger partial charge on any atom is 0.161 e. The van der Waals surface area contributed by atoms with Crippen LogP contribution in [-0.4, -0.2) is 23.4 Å². The summed E-state index contributed by atoms with van der Waals surface area (Å²) in [7, 11) is 0. The smallest absolute Gasteiger partial charge is 0.161 e. The van der Waals surface area contributed by atoms with Crippen LogP contribution in [0.25, 0.3) is 0 Å². The molecule has 16 heavy (non-hydrogen) atoms. The van der Waals surface area contributed by atoms with Gasteiger partial charge in [-0.3, -0.25) is 0 Å². The molecule has 0 saturated heterocycles. The van der Waals surface area contributed by atoms with E-state index >= 15 is 0 Å². The maximum atomic E-state index is 9.52. The molecule has 0 amide bonds. The van der Waals surface area contributed by atoms with Gasteiger partial charge in [-0.25, -0.2) is 0 Å². The van der Waals surface area contributed by atoms with Gasteiger partial charge < -0.3 is 20.7 Å². The highest BCUT2D eigenvalue weighted by molar-refractivity contribution is 5.42. The first-order valence-electron chi connectivity index (χ1n) is 5.51. The Morgan fingerprint density at radius 2 is 2.19 bits per heavy atom. The van der Waals surface area contributed by atoms with Gasteiger partial charge in [-0.2, -0.15) is 0 Å². The second kappa shape index (κ2) is 6.35. The lowest BCUT2D eigenvalue weighted by molar-refractivity contribution is 0.279. The van der Waals surface area contributed by atoms with Gasteiger partial charge in [-0.05, 0) is 37.5 Å². The van der Waals surface area contributed by atoms with Crippen molar-refractivity contribution < 1.29 is 14.9 Å². The lowest BCUT2D eigenvalue weighted by atomic mass is 10.0. The monoisotopic (exact) mass is 225 g/mol. The van der Waals surface area contributed by atoms with E-state index in [9.17, 15) is 5.11 Å². The molecule has 0 aliphatic heterocycles. The Labute approximate surface area is 95.7 Å². The van der Waals surface area contributed by atoms with Crippen LogP contribution in [-0.2, 0) is 0 Å². The summed E-state index contributed by atoms with van der Waals surface area (Å²) in [5.74, 6) is 0.583. The average Bonchev–Trinajstić information content (AvgIpc) is 2.29. The normalized spacial score (nSPS) is 12.4. The van der Waals surface area contributed by atoms with Crippen molar-refractivity contribution in [3.63, 3.8) is 0 Å². The number of benzene rings is 1. The van der Waals surface area contributed by atoms with Crippen LogP contribution in [0.4, 0.5) is 0 Å². The molecule has 0 fully saturated rings. The molecule has 1 aromatic rings. The van der Waals surface area contributed by atoms with Crippen LogP contribution in [0.2, 0.25) is 0 Å². The third-order valence-corrected chi connectivity index (χ3v) is 2.39. The van der Waals surface area contributed by atoms with E-state index in [4.69, 9.17) is 15.6 Å². The largest absolute Gasteiger partial charge is 0.504 e. The minimum Gasteiger partial charge on any atom is -0.504 e. The van der Waals surface area contributed by atoms with E-state index in [-0.39, 0.29) is 18.4 Å². The summed E-state index contributed by atoms with van der Waals surface area (Å²) >= 11 is 0. The van der Waals surface area contributed by atoms with Gasteiger partial charge in [0.2, 0.25) is 0 Å². The standard InChI is InChI=1S/C12H19NO3/c1-2-16-12-8-9(5-6-11(12)15)10(13)4-3-7-14/h5-6,8,10,14-15H,2-4,7,13H2,1H3/t10-/m0/s1. The first-order valence-corrected chi connectivity index (χ1v) is 5.51. The number of hydrogen-bond donors (Lipinski definition) is 3. The topological polar surface area (TPSA) is 75.7 Å². The summed E-state index contributed by atoms with van der Waals surface area (Å²) in [4.78, 5) is 0. The Morgan fingerprint density at radius 1 is 1.44 bits per heavy atom. The molecular weight excluding hydrogens is 206 g/mol. The molecule has 0 aliphatic carbocycles. The quantitative estimate of drug-likeness (QED) is 0.686. The van der Waals surface area contributed by atoms with E-state index in [1.54, 1.807) is 18.2 Å². The molecule has 0 bridgehead atoms.